The Morgan fingerprint density at radius 2 is 1.88 bits per heavy atom. The lowest BCUT2D eigenvalue weighted by molar-refractivity contribution is -0.148. The van der Waals surface area contributed by atoms with E-state index in [1.54, 1.807) is 0 Å². The Bertz CT molecular complexity index is 552. The van der Waals surface area contributed by atoms with Crippen molar-refractivity contribution in [2.24, 2.45) is 0 Å². The van der Waals surface area contributed by atoms with Crippen molar-refractivity contribution in [3.8, 4) is 23.7 Å². The van der Waals surface area contributed by atoms with E-state index >= 15 is 0 Å². The molecule has 1 atom stereocenters. The van der Waals surface area contributed by atoms with Crippen LogP contribution < -0.4 is 0 Å². The summed E-state index contributed by atoms with van der Waals surface area (Å²) in [6.45, 7) is 5.74. The molecule has 136 valence electrons. The van der Waals surface area contributed by atoms with Crippen LogP contribution in [0.3, 0.4) is 0 Å². The maximum Gasteiger partial charge on any atom is 0.307 e. The van der Waals surface area contributed by atoms with Crippen LogP contribution in [-0.2, 0) is 14.3 Å². The fourth-order valence-electron chi connectivity index (χ4n) is 1.87. The zero-order chi connectivity index (χ0) is 18.8. The van der Waals surface area contributed by atoms with Gasteiger partial charge in [-0.2, -0.15) is 0 Å². The summed E-state index contributed by atoms with van der Waals surface area (Å²) in [6.07, 6.45) is 12.5. The second-order valence-corrected chi connectivity index (χ2v) is 5.49. The zero-order valence-electron chi connectivity index (χ0n) is 15.1. The third-order valence-electron chi connectivity index (χ3n) is 3.24. The number of carbonyl (C=O) groups is 2. The van der Waals surface area contributed by atoms with E-state index in [1.165, 1.54) is 38.2 Å². The quantitative estimate of drug-likeness (QED) is 0.249. The van der Waals surface area contributed by atoms with Crippen LogP contribution >= 0.6 is 0 Å². The van der Waals surface area contributed by atoms with Gasteiger partial charge >= 0.3 is 11.9 Å². The number of carboxylic acid groups (broad SMARTS) is 1. The molecule has 0 bridgehead atoms. The highest BCUT2D eigenvalue weighted by atomic mass is 16.5. The summed E-state index contributed by atoms with van der Waals surface area (Å²) in [5, 5.41) is 8.50. The summed E-state index contributed by atoms with van der Waals surface area (Å²) in [7, 11) is 0. The number of ether oxygens (including phenoxy) is 1. The largest absolute Gasteiger partial charge is 0.481 e. The predicted molar refractivity (Wildman–Crippen MR) is 99.6 cm³/mol. The smallest absolute Gasteiger partial charge is 0.307 e. The minimum Gasteiger partial charge on any atom is -0.481 e. The van der Waals surface area contributed by atoms with Crippen LogP contribution in [-0.4, -0.2) is 23.1 Å². The van der Waals surface area contributed by atoms with E-state index in [1.807, 2.05) is 6.08 Å². The molecule has 0 fully saturated rings. The molecule has 25 heavy (non-hydrogen) atoms. The van der Waals surface area contributed by atoms with E-state index in [0.717, 1.165) is 6.42 Å². The number of hydrogen-bond acceptors (Lipinski definition) is 3. The summed E-state index contributed by atoms with van der Waals surface area (Å²) in [4.78, 5) is 21.8. The Morgan fingerprint density at radius 1 is 1.12 bits per heavy atom. The molecule has 1 unspecified atom stereocenters. The van der Waals surface area contributed by atoms with E-state index in [9.17, 15) is 9.59 Å². The van der Waals surface area contributed by atoms with Crippen LogP contribution in [0.1, 0.15) is 64.7 Å². The van der Waals surface area contributed by atoms with Gasteiger partial charge in [0.15, 0.2) is 6.10 Å². The Morgan fingerprint density at radius 3 is 2.56 bits per heavy atom. The average molecular weight is 344 g/mol. The maximum absolute atomic E-state index is 11.4. The SMILES string of the molecule is C=CC(C#CC#CC/C=C/CCCCCCC)OC(=O)CCC(=O)O. The van der Waals surface area contributed by atoms with E-state index in [2.05, 4.69) is 43.3 Å². The number of aliphatic carboxylic acids is 1. The van der Waals surface area contributed by atoms with Gasteiger partial charge in [-0.25, -0.2) is 0 Å². The van der Waals surface area contributed by atoms with Crippen LogP contribution in [0, 0.1) is 23.7 Å². The molecule has 0 aromatic rings. The Kier molecular flexibility index (Phi) is 14.8. The predicted octanol–water partition coefficient (Wildman–Crippen LogP) is 4.26. The summed E-state index contributed by atoms with van der Waals surface area (Å²) < 4.78 is 4.97. The molecule has 0 aliphatic rings. The van der Waals surface area contributed by atoms with Gasteiger partial charge in [0, 0.05) is 6.42 Å². The monoisotopic (exact) mass is 344 g/mol. The molecule has 4 nitrogen and oxygen atoms in total. The number of rotatable bonds is 12. The van der Waals surface area contributed by atoms with Gasteiger partial charge in [0.2, 0.25) is 0 Å². The average Bonchev–Trinajstić information content (AvgIpc) is 2.59. The summed E-state index contributed by atoms with van der Waals surface area (Å²) in [5.41, 5.74) is 0. The third kappa shape index (κ3) is 16.2. The number of unbranched alkanes of at least 4 members (excludes halogenated alkanes) is 5. The molecule has 0 aromatic heterocycles. The topological polar surface area (TPSA) is 63.6 Å². The summed E-state index contributed by atoms with van der Waals surface area (Å²) >= 11 is 0. The molecule has 0 rings (SSSR count). The molecule has 4 heteroatoms. The second-order valence-electron chi connectivity index (χ2n) is 5.49. The molecule has 0 aliphatic heterocycles. The maximum atomic E-state index is 11.4. The normalized spacial score (nSPS) is 10.9. The van der Waals surface area contributed by atoms with Crippen LogP contribution in [0.5, 0.6) is 0 Å². The lowest BCUT2D eigenvalue weighted by Gasteiger charge is -2.06. The molecular formula is C21H28O4. The van der Waals surface area contributed by atoms with Crippen molar-refractivity contribution in [2.45, 2.75) is 70.8 Å². The lowest BCUT2D eigenvalue weighted by atomic mass is 10.1. The summed E-state index contributed by atoms with van der Waals surface area (Å²) in [6, 6.07) is 0. The van der Waals surface area contributed by atoms with Gasteiger partial charge in [0.1, 0.15) is 0 Å². The molecular weight excluding hydrogens is 316 g/mol. The first-order valence-corrected chi connectivity index (χ1v) is 8.77. The van der Waals surface area contributed by atoms with Crippen LogP contribution in [0.2, 0.25) is 0 Å². The fourth-order valence-corrected chi connectivity index (χ4v) is 1.87. The van der Waals surface area contributed by atoms with E-state index < -0.39 is 18.0 Å². The Labute approximate surface area is 151 Å². The van der Waals surface area contributed by atoms with Crippen molar-refractivity contribution >= 4 is 11.9 Å². The van der Waals surface area contributed by atoms with E-state index in [4.69, 9.17) is 9.84 Å². The van der Waals surface area contributed by atoms with Gasteiger partial charge in [-0.1, -0.05) is 57.3 Å². The fraction of sp³-hybridized carbons (Fsp3) is 0.524. The van der Waals surface area contributed by atoms with Gasteiger partial charge in [-0.15, -0.1) is 0 Å². The standard InChI is InChI=1S/C21H28O4/c1-3-5-6-7-8-9-10-11-12-13-14-15-16-19(4-2)25-21(24)18-17-20(22)23/h4,10-11,19H,2-3,5-9,12,17-18H2,1H3,(H,22,23)/b11-10+. The first kappa shape index (κ1) is 22.5. The first-order valence-electron chi connectivity index (χ1n) is 8.77. The van der Waals surface area contributed by atoms with Crippen molar-refractivity contribution in [3.63, 3.8) is 0 Å². The van der Waals surface area contributed by atoms with Gasteiger partial charge < -0.3 is 9.84 Å². The number of hydrogen-bond donors (Lipinski definition) is 1. The van der Waals surface area contributed by atoms with Crippen molar-refractivity contribution in [2.75, 3.05) is 0 Å². The van der Waals surface area contributed by atoms with Gasteiger partial charge in [0.05, 0.1) is 12.8 Å². The second kappa shape index (κ2) is 16.4. The van der Waals surface area contributed by atoms with Gasteiger partial charge in [0.25, 0.3) is 0 Å². The van der Waals surface area contributed by atoms with Gasteiger partial charge in [-0.05, 0) is 36.7 Å². The number of esters is 1. The molecule has 0 aliphatic carbocycles. The van der Waals surface area contributed by atoms with E-state index in [-0.39, 0.29) is 12.8 Å². The molecule has 0 heterocycles. The number of allylic oxidation sites excluding steroid dienone is 2. The highest BCUT2D eigenvalue weighted by Crippen LogP contribution is 2.05. The summed E-state index contributed by atoms with van der Waals surface area (Å²) in [5.74, 6) is 9.23. The van der Waals surface area contributed by atoms with Crippen LogP contribution in [0.15, 0.2) is 24.8 Å². The van der Waals surface area contributed by atoms with Crippen molar-refractivity contribution in [1.82, 2.24) is 0 Å². The van der Waals surface area contributed by atoms with Crippen LogP contribution in [0.25, 0.3) is 0 Å². The zero-order valence-corrected chi connectivity index (χ0v) is 15.1. The molecule has 0 saturated heterocycles. The molecule has 0 radical (unpaired) electrons. The minimum absolute atomic E-state index is 0.184. The molecule has 0 aromatic carbocycles. The van der Waals surface area contributed by atoms with Crippen molar-refractivity contribution < 1.29 is 19.4 Å². The van der Waals surface area contributed by atoms with E-state index in [0.29, 0.717) is 6.42 Å². The lowest BCUT2D eigenvalue weighted by Crippen LogP contribution is -2.15. The van der Waals surface area contributed by atoms with Crippen molar-refractivity contribution in [1.29, 1.82) is 0 Å². The Balaban J connectivity index is 3.98. The molecule has 1 N–H and O–H groups in total. The molecule has 0 amide bonds. The van der Waals surface area contributed by atoms with Crippen molar-refractivity contribution in [3.05, 3.63) is 24.8 Å². The number of carboxylic acids is 1. The molecule has 0 saturated carbocycles. The number of carbonyl (C=O) groups excluding carboxylic acids is 1. The minimum atomic E-state index is -1.04. The highest BCUT2D eigenvalue weighted by molar-refractivity contribution is 5.76. The molecule has 0 spiro atoms. The van der Waals surface area contributed by atoms with Gasteiger partial charge in [-0.3, -0.25) is 9.59 Å². The highest BCUT2D eigenvalue weighted by Gasteiger charge is 2.10. The van der Waals surface area contributed by atoms with Crippen LogP contribution in [0.4, 0.5) is 0 Å². The Hall–Kier alpha value is -2.46. The first-order chi connectivity index (χ1) is 12.1. The third-order valence-corrected chi connectivity index (χ3v) is 3.24.